The molecule has 0 bridgehead atoms. The Labute approximate surface area is 150 Å². The molecule has 1 N–H and O–H groups in total. The van der Waals surface area contributed by atoms with Gasteiger partial charge in [-0.3, -0.25) is 10.1 Å². The number of methoxy groups -OCH3 is 1. The van der Waals surface area contributed by atoms with E-state index >= 15 is 0 Å². The Kier molecular flexibility index (Phi) is 5.21. The maximum Gasteiger partial charge on any atom is 0.408 e. The molecule has 136 valence electrons. The maximum absolute atomic E-state index is 12.3. The fourth-order valence-electron chi connectivity index (χ4n) is 2.09. The number of halogens is 3. The number of aromatic nitrogens is 3. The first kappa shape index (κ1) is 17.9. The Morgan fingerprint density at radius 1 is 1.27 bits per heavy atom. The molecule has 0 saturated heterocycles. The molecular formula is C16H14F3N5OS. The molecule has 3 rings (SSSR count). The van der Waals surface area contributed by atoms with E-state index in [9.17, 15) is 13.2 Å². The third-order valence-electron chi connectivity index (χ3n) is 3.25. The third-order valence-corrected chi connectivity index (χ3v) is 4.00. The molecular weight excluding hydrogens is 367 g/mol. The molecule has 3 aromatic rings. The molecule has 0 fully saturated rings. The second-order valence-corrected chi connectivity index (χ2v) is 6.05. The molecule has 10 heteroatoms. The summed E-state index contributed by atoms with van der Waals surface area (Å²) in [4.78, 5) is 4.40. The van der Waals surface area contributed by atoms with E-state index in [2.05, 4.69) is 20.6 Å². The first-order valence-corrected chi connectivity index (χ1v) is 8.30. The molecule has 0 radical (unpaired) electrons. The lowest BCUT2D eigenvalue weighted by atomic mass is 10.2. The van der Waals surface area contributed by atoms with Crippen molar-refractivity contribution in [1.29, 1.82) is 0 Å². The molecule has 0 spiro atoms. The van der Waals surface area contributed by atoms with Crippen molar-refractivity contribution in [2.24, 2.45) is 5.10 Å². The maximum atomic E-state index is 12.3. The van der Waals surface area contributed by atoms with Gasteiger partial charge in [-0.15, -0.1) is 11.3 Å². The molecule has 6 nitrogen and oxygen atoms in total. The van der Waals surface area contributed by atoms with E-state index in [1.54, 1.807) is 7.11 Å². The first-order valence-electron chi connectivity index (χ1n) is 7.42. The SMILES string of the molecule is COc1ccc(-c2csc(NN=Cc3ccn(CC(F)(F)F)n3)n2)cc1. The summed E-state index contributed by atoms with van der Waals surface area (Å²) in [5, 5.41) is 10.2. The number of rotatable bonds is 6. The largest absolute Gasteiger partial charge is 0.497 e. The van der Waals surface area contributed by atoms with Gasteiger partial charge in [0.05, 0.1) is 19.0 Å². The minimum absolute atomic E-state index is 0.314. The average molecular weight is 381 g/mol. The predicted octanol–water partition coefficient (Wildman–Crippen LogP) is 4.02. The smallest absolute Gasteiger partial charge is 0.408 e. The lowest BCUT2D eigenvalue weighted by molar-refractivity contribution is -0.142. The van der Waals surface area contributed by atoms with Gasteiger partial charge >= 0.3 is 6.18 Å². The van der Waals surface area contributed by atoms with Crippen LogP contribution in [0.2, 0.25) is 0 Å². The van der Waals surface area contributed by atoms with Crippen molar-refractivity contribution in [3.05, 3.63) is 47.6 Å². The molecule has 2 aromatic heterocycles. The Balaban J connectivity index is 1.60. The number of ether oxygens (including phenoxy) is 1. The van der Waals surface area contributed by atoms with E-state index in [0.29, 0.717) is 10.8 Å². The summed E-state index contributed by atoms with van der Waals surface area (Å²) in [5.41, 5.74) is 4.78. The molecule has 1 aromatic carbocycles. The number of hydrogen-bond acceptors (Lipinski definition) is 6. The summed E-state index contributed by atoms with van der Waals surface area (Å²) in [5.74, 6) is 0.761. The summed E-state index contributed by atoms with van der Waals surface area (Å²) in [7, 11) is 1.60. The van der Waals surface area contributed by atoms with E-state index in [4.69, 9.17) is 4.74 Å². The quantitative estimate of drug-likeness (QED) is 0.517. The molecule has 0 aliphatic rings. The number of benzene rings is 1. The Morgan fingerprint density at radius 3 is 2.73 bits per heavy atom. The van der Waals surface area contributed by atoms with Crippen LogP contribution in [0.4, 0.5) is 18.3 Å². The zero-order chi connectivity index (χ0) is 18.6. The van der Waals surface area contributed by atoms with Crippen molar-refractivity contribution in [3.63, 3.8) is 0 Å². The van der Waals surface area contributed by atoms with Crippen LogP contribution in [-0.4, -0.2) is 34.3 Å². The summed E-state index contributed by atoms with van der Waals surface area (Å²) >= 11 is 1.36. The zero-order valence-corrected chi connectivity index (χ0v) is 14.4. The molecule has 0 saturated carbocycles. The van der Waals surface area contributed by atoms with Crippen LogP contribution < -0.4 is 10.2 Å². The molecule has 0 amide bonds. The van der Waals surface area contributed by atoms with Crippen molar-refractivity contribution in [2.45, 2.75) is 12.7 Å². The highest BCUT2D eigenvalue weighted by atomic mass is 32.1. The van der Waals surface area contributed by atoms with E-state index in [-0.39, 0.29) is 0 Å². The Bertz CT molecular complexity index is 886. The molecule has 0 atom stereocenters. The number of nitrogens with one attached hydrogen (secondary N) is 1. The number of nitrogens with zero attached hydrogens (tertiary/aromatic N) is 4. The number of thiazole rings is 1. The minimum Gasteiger partial charge on any atom is -0.497 e. The van der Waals surface area contributed by atoms with Gasteiger partial charge < -0.3 is 4.74 Å². The Hall–Kier alpha value is -2.88. The summed E-state index contributed by atoms with van der Waals surface area (Å²) in [6.07, 6.45) is -1.72. The van der Waals surface area contributed by atoms with E-state index in [0.717, 1.165) is 21.7 Å². The normalized spacial score (nSPS) is 11.8. The number of hydrogen-bond donors (Lipinski definition) is 1. The number of anilines is 1. The van der Waals surface area contributed by atoms with Crippen LogP contribution in [0.25, 0.3) is 11.3 Å². The Morgan fingerprint density at radius 2 is 2.04 bits per heavy atom. The lowest BCUT2D eigenvalue weighted by Crippen LogP contribution is -2.18. The summed E-state index contributed by atoms with van der Waals surface area (Å²) < 4.78 is 42.8. The van der Waals surface area contributed by atoms with Crippen LogP contribution >= 0.6 is 11.3 Å². The monoisotopic (exact) mass is 381 g/mol. The standard InChI is InChI=1S/C16H14F3N5OS/c1-25-13-4-2-11(3-5-13)14-9-26-15(21-14)22-20-8-12-6-7-24(23-12)10-16(17,18)19/h2-9H,10H2,1H3,(H,21,22). The number of alkyl halides is 3. The van der Waals surface area contributed by atoms with Crippen molar-refractivity contribution < 1.29 is 17.9 Å². The van der Waals surface area contributed by atoms with Crippen LogP contribution in [0.5, 0.6) is 5.75 Å². The van der Waals surface area contributed by atoms with Gasteiger partial charge in [0.1, 0.15) is 18.0 Å². The van der Waals surface area contributed by atoms with Gasteiger partial charge in [0.15, 0.2) is 0 Å². The van der Waals surface area contributed by atoms with Crippen molar-refractivity contribution in [2.75, 3.05) is 12.5 Å². The molecule has 0 aliphatic heterocycles. The van der Waals surface area contributed by atoms with Gasteiger partial charge in [-0.2, -0.15) is 23.4 Å². The average Bonchev–Trinajstić information content (AvgIpc) is 3.23. The van der Waals surface area contributed by atoms with Gasteiger partial charge in [-0.1, -0.05) is 0 Å². The van der Waals surface area contributed by atoms with E-state index in [1.807, 2.05) is 29.6 Å². The third kappa shape index (κ3) is 4.82. The fourth-order valence-corrected chi connectivity index (χ4v) is 2.76. The van der Waals surface area contributed by atoms with E-state index in [1.165, 1.54) is 29.8 Å². The van der Waals surface area contributed by atoms with Crippen LogP contribution in [0.15, 0.2) is 47.0 Å². The molecule has 0 unspecified atom stereocenters. The molecule has 0 aliphatic carbocycles. The predicted molar refractivity (Wildman–Crippen MR) is 93.6 cm³/mol. The van der Waals surface area contributed by atoms with Crippen molar-refractivity contribution in [3.8, 4) is 17.0 Å². The summed E-state index contributed by atoms with van der Waals surface area (Å²) in [6, 6.07) is 8.93. The first-order chi connectivity index (χ1) is 12.4. The van der Waals surface area contributed by atoms with Crippen molar-refractivity contribution in [1.82, 2.24) is 14.8 Å². The van der Waals surface area contributed by atoms with Crippen LogP contribution in [0, 0.1) is 0 Å². The van der Waals surface area contributed by atoms with Crippen LogP contribution in [0.3, 0.4) is 0 Å². The zero-order valence-electron chi connectivity index (χ0n) is 13.6. The lowest BCUT2D eigenvalue weighted by Gasteiger charge is -2.04. The van der Waals surface area contributed by atoms with E-state index < -0.39 is 12.7 Å². The highest BCUT2D eigenvalue weighted by molar-refractivity contribution is 7.14. The highest BCUT2D eigenvalue weighted by Crippen LogP contribution is 2.26. The summed E-state index contributed by atoms with van der Waals surface area (Å²) in [6.45, 7) is -1.13. The number of hydrazone groups is 1. The van der Waals surface area contributed by atoms with Gasteiger partial charge in [-0.25, -0.2) is 4.98 Å². The second-order valence-electron chi connectivity index (χ2n) is 5.19. The minimum atomic E-state index is -4.31. The van der Waals surface area contributed by atoms with Crippen LogP contribution in [0.1, 0.15) is 5.69 Å². The van der Waals surface area contributed by atoms with Gasteiger partial charge in [0, 0.05) is 17.1 Å². The topological polar surface area (TPSA) is 64.3 Å². The van der Waals surface area contributed by atoms with Crippen LogP contribution in [-0.2, 0) is 6.54 Å². The van der Waals surface area contributed by atoms with Gasteiger partial charge in [0.25, 0.3) is 0 Å². The molecule has 2 heterocycles. The van der Waals surface area contributed by atoms with Gasteiger partial charge in [0.2, 0.25) is 5.13 Å². The fraction of sp³-hybridized carbons (Fsp3) is 0.188. The molecule has 26 heavy (non-hydrogen) atoms. The second kappa shape index (κ2) is 7.56. The highest BCUT2D eigenvalue weighted by Gasteiger charge is 2.28. The van der Waals surface area contributed by atoms with Crippen molar-refractivity contribution >= 4 is 22.7 Å². The van der Waals surface area contributed by atoms with Gasteiger partial charge in [-0.05, 0) is 30.3 Å².